The van der Waals surface area contributed by atoms with Crippen LogP contribution in [0.25, 0.3) is 0 Å². The summed E-state index contributed by atoms with van der Waals surface area (Å²) in [5.41, 5.74) is 3.91. The van der Waals surface area contributed by atoms with Gasteiger partial charge in [0.05, 0.1) is 5.75 Å². The molecule has 0 fully saturated rings. The molecule has 0 spiro atoms. The Morgan fingerprint density at radius 3 is 2.55 bits per heavy atom. The van der Waals surface area contributed by atoms with Gasteiger partial charge in [-0.2, -0.15) is 0 Å². The van der Waals surface area contributed by atoms with Gasteiger partial charge < -0.3 is 5.32 Å². The van der Waals surface area contributed by atoms with Gasteiger partial charge >= 0.3 is 0 Å². The van der Waals surface area contributed by atoms with Crippen LogP contribution in [0.1, 0.15) is 22.3 Å². The number of rotatable bonds is 5. The number of amides is 1. The van der Waals surface area contributed by atoms with Crippen molar-refractivity contribution in [2.75, 3.05) is 5.75 Å². The van der Waals surface area contributed by atoms with Crippen molar-refractivity contribution in [1.82, 2.24) is 5.32 Å². The van der Waals surface area contributed by atoms with E-state index in [4.69, 9.17) is 0 Å². The fraction of sp³-hybridized carbons (Fsp3) is 0.278. The zero-order valence-electron chi connectivity index (χ0n) is 13.1. The van der Waals surface area contributed by atoms with Gasteiger partial charge in [0.2, 0.25) is 5.91 Å². The van der Waals surface area contributed by atoms with Gasteiger partial charge in [-0.05, 0) is 49.6 Å². The number of nitrogens with one attached hydrogen (secondary N) is 1. The van der Waals surface area contributed by atoms with Crippen molar-refractivity contribution in [2.45, 2.75) is 32.2 Å². The van der Waals surface area contributed by atoms with Crippen LogP contribution in [-0.2, 0) is 11.3 Å². The largest absolute Gasteiger partial charge is 0.351 e. The summed E-state index contributed by atoms with van der Waals surface area (Å²) < 4.78 is 13.2. The number of carbonyl (C=O) groups is 1. The van der Waals surface area contributed by atoms with Crippen molar-refractivity contribution in [2.24, 2.45) is 0 Å². The summed E-state index contributed by atoms with van der Waals surface area (Å²) in [6, 6.07) is 11.1. The molecular weight excluding hydrogens is 297 g/mol. The van der Waals surface area contributed by atoms with Crippen molar-refractivity contribution < 1.29 is 9.18 Å². The van der Waals surface area contributed by atoms with Crippen LogP contribution >= 0.6 is 11.8 Å². The van der Waals surface area contributed by atoms with Gasteiger partial charge in [0, 0.05) is 11.4 Å². The van der Waals surface area contributed by atoms with Gasteiger partial charge in [0.15, 0.2) is 0 Å². The van der Waals surface area contributed by atoms with E-state index >= 15 is 0 Å². The normalized spacial score (nSPS) is 10.5. The van der Waals surface area contributed by atoms with Crippen LogP contribution in [0, 0.1) is 26.6 Å². The predicted molar refractivity (Wildman–Crippen MR) is 89.6 cm³/mol. The van der Waals surface area contributed by atoms with E-state index in [0.29, 0.717) is 17.9 Å². The molecule has 4 heteroatoms. The maximum Gasteiger partial charge on any atom is 0.230 e. The molecule has 1 N–H and O–H groups in total. The summed E-state index contributed by atoms with van der Waals surface area (Å²) in [7, 11) is 0. The summed E-state index contributed by atoms with van der Waals surface area (Å²) in [5, 5.41) is 2.86. The monoisotopic (exact) mass is 317 g/mol. The quantitative estimate of drug-likeness (QED) is 0.839. The number of carbonyl (C=O) groups excluding carboxylic acids is 1. The molecule has 0 aliphatic carbocycles. The molecule has 2 aromatic rings. The molecule has 0 saturated carbocycles. The molecule has 116 valence electrons. The Morgan fingerprint density at radius 2 is 1.86 bits per heavy atom. The van der Waals surface area contributed by atoms with Crippen LogP contribution in [0.4, 0.5) is 4.39 Å². The Balaban J connectivity index is 1.84. The molecule has 0 heterocycles. The fourth-order valence-corrected chi connectivity index (χ4v) is 3.01. The van der Waals surface area contributed by atoms with Gasteiger partial charge in [-0.25, -0.2) is 4.39 Å². The van der Waals surface area contributed by atoms with Crippen molar-refractivity contribution in [3.8, 4) is 0 Å². The van der Waals surface area contributed by atoms with Crippen LogP contribution in [0.5, 0.6) is 0 Å². The Labute approximate surface area is 135 Å². The van der Waals surface area contributed by atoms with E-state index in [1.54, 1.807) is 19.1 Å². The van der Waals surface area contributed by atoms with Gasteiger partial charge in [-0.1, -0.05) is 29.8 Å². The number of hydrogen-bond donors (Lipinski definition) is 1. The molecule has 0 unspecified atom stereocenters. The average molecular weight is 317 g/mol. The van der Waals surface area contributed by atoms with Crippen LogP contribution in [0.15, 0.2) is 41.3 Å². The first-order chi connectivity index (χ1) is 10.5. The molecule has 2 rings (SSSR count). The minimum absolute atomic E-state index is 0.0213. The van der Waals surface area contributed by atoms with Gasteiger partial charge in [0.25, 0.3) is 0 Å². The lowest BCUT2D eigenvalue weighted by molar-refractivity contribution is -0.118. The standard InChI is InChI=1S/C18H20FNOS/c1-12-4-7-17(14(3)8-12)22-11-18(21)20-10-15-5-6-16(19)13(2)9-15/h4-9H,10-11H2,1-3H3,(H,20,21). The van der Waals surface area contributed by atoms with Crippen LogP contribution in [0.3, 0.4) is 0 Å². The van der Waals surface area contributed by atoms with E-state index in [-0.39, 0.29) is 11.7 Å². The molecule has 0 saturated heterocycles. The summed E-state index contributed by atoms with van der Waals surface area (Å²) in [6.45, 7) is 6.25. The molecule has 0 aromatic heterocycles. The SMILES string of the molecule is Cc1ccc(SCC(=O)NCc2ccc(F)c(C)c2)c(C)c1. The van der Waals surface area contributed by atoms with Gasteiger partial charge in [0.1, 0.15) is 5.82 Å². The lowest BCUT2D eigenvalue weighted by Gasteiger charge is -2.08. The highest BCUT2D eigenvalue weighted by Gasteiger charge is 2.06. The van der Waals surface area contributed by atoms with E-state index in [9.17, 15) is 9.18 Å². The summed E-state index contributed by atoms with van der Waals surface area (Å²) in [4.78, 5) is 13.0. The lowest BCUT2D eigenvalue weighted by Crippen LogP contribution is -2.24. The fourth-order valence-electron chi connectivity index (χ4n) is 2.17. The second kappa shape index (κ2) is 7.45. The molecule has 1 amide bonds. The minimum Gasteiger partial charge on any atom is -0.351 e. The van der Waals surface area contributed by atoms with E-state index in [1.807, 2.05) is 6.07 Å². The minimum atomic E-state index is -0.222. The Kier molecular flexibility index (Phi) is 5.61. The topological polar surface area (TPSA) is 29.1 Å². The maximum atomic E-state index is 13.2. The zero-order valence-corrected chi connectivity index (χ0v) is 13.9. The summed E-state index contributed by atoms with van der Waals surface area (Å²) >= 11 is 1.53. The molecule has 0 atom stereocenters. The van der Waals surface area contributed by atoms with Crippen LogP contribution in [-0.4, -0.2) is 11.7 Å². The number of thioether (sulfide) groups is 1. The highest BCUT2D eigenvalue weighted by Crippen LogP contribution is 2.22. The molecule has 0 aliphatic rings. The predicted octanol–water partition coefficient (Wildman–Crippen LogP) is 4.16. The van der Waals surface area contributed by atoms with Gasteiger partial charge in [-0.15, -0.1) is 11.8 Å². The smallest absolute Gasteiger partial charge is 0.230 e. The third-order valence-electron chi connectivity index (χ3n) is 3.40. The maximum absolute atomic E-state index is 13.2. The van der Waals surface area contributed by atoms with Crippen molar-refractivity contribution >= 4 is 17.7 Å². The Hall–Kier alpha value is -1.81. The van der Waals surface area contributed by atoms with E-state index in [1.165, 1.54) is 29.0 Å². The van der Waals surface area contributed by atoms with Crippen LogP contribution in [0.2, 0.25) is 0 Å². The molecule has 2 nitrogen and oxygen atoms in total. The molecule has 0 bridgehead atoms. The van der Waals surface area contributed by atoms with Crippen molar-refractivity contribution in [3.63, 3.8) is 0 Å². The van der Waals surface area contributed by atoms with Gasteiger partial charge in [-0.3, -0.25) is 4.79 Å². The third kappa shape index (κ3) is 4.60. The average Bonchev–Trinajstić information content (AvgIpc) is 2.47. The zero-order chi connectivity index (χ0) is 16.1. The number of hydrogen-bond acceptors (Lipinski definition) is 2. The summed E-state index contributed by atoms with van der Waals surface area (Å²) in [6.07, 6.45) is 0. The second-order valence-electron chi connectivity index (χ2n) is 5.42. The Morgan fingerprint density at radius 1 is 1.09 bits per heavy atom. The third-order valence-corrected chi connectivity index (χ3v) is 4.58. The number of halogens is 1. The molecule has 22 heavy (non-hydrogen) atoms. The number of aryl methyl sites for hydroxylation is 3. The molecule has 2 aromatic carbocycles. The van der Waals surface area contributed by atoms with E-state index < -0.39 is 0 Å². The molecule has 0 aliphatic heterocycles. The first-order valence-corrected chi connectivity index (χ1v) is 8.16. The van der Waals surface area contributed by atoms with E-state index in [2.05, 4.69) is 31.3 Å². The van der Waals surface area contributed by atoms with Crippen LogP contribution < -0.4 is 5.32 Å². The Bertz CT molecular complexity index is 685. The van der Waals surface area contributed by atoms with Crippen molar-refractivity contribution in [1.29, 1.82) is 0 Å². The lowest BCUT2D eigenvalue weighted by atomic mass is 10.1. The van der Waals surface area contributed by atoms with Crippen molar-refractivity contribution in [3.05, 3.63) is 64.5 Å². The number of benzene rings is 2. The molecular formula is C18H20FNOS. The molecule has 0 radical (unpaired) electrons. The first kappa shape index (κ1) is 16.6. The first-order valence-electron chi connectivity index (χ1n) is 7.17. The second-order valence-corrected chi connectivity index (χ2v) is 6.44. The highest BCUT2D eigenvalue weighted by molar-refractivity contribution is 8.00. The highest BCUT2D eigenvalue weighted by atomic mass is 32.2. The summed E-state index contributed by atoms with van der Waals surface area (Å²) in [5.74, 6) is 0.136. The van der Waals surface area contributed by atoms with E-state index in [0.717, 1.165) is 10.5 Å².